The van der Waals surface area contributed by atoms with Crippen molar-refractivity contribution in [2.45, 2.75) is 22.6 Å². The summed E-state index contributed by atoms with van der Waals surface area (Å²) >= 11 is 27.2. The molecular weight excluding hydrogens is 614 g/mol. The van der Waals surface area contributed by atoms with Crippen LogP contribution >= 0.6 is 58.2 Å². The lowest BCUT2D eigenvalue weighted by molar-refractivity contribution is 0.973. The Balaban J connectivity index is 1.45. The highest BCUT2D eigenvalue weighted by Crippen LogP contribution is 2.40. The van der Waals surface area contributed by atoms with Gasteiger partial charge in [0.25, 0.3) is 0 Å². The van der Waals surface area contributed by atoms with Crippen molar-refractivity contribution in [3.63, 3.8) is 0 Å². The first-order chi connectivity index (χ1) is 20.0. The summed E-state index contributed by atoms with van der Waals surface area (Å²) in [6.45, 7) is 0. The minimum Gasteiger partial charge on any atom is -0.305 e. The zero-order valence-electron chi connectivity index (χ0n) is 21.5. The molecule has 2 aromatic heterocycles. The summed E-state index contributed by atoms with van der Waals surface area (Å²) < 4.78 is 4.10. The molecule has 0 atom stereocenters. The zero-order chi connectivity index (χ0) is 28.3. The molecular formula is C32H22Cl4N4S. The van der Waals surface area contributed by atoms with Gasteiger partial charge in [0, 0.05) is 67.5 Å². The van der Waals surface area contributed by atoms with E-state index in [-0.39, 0.29) is 0 Å². The second-order valence-corrected chi connectivity index (χ2v) is 12.2. The molecule has 204 valence electrons. The van der Waals surface area contributed by atoms with E-state index in [1.807, 2.05) is 49.3 Å². The maximum absolute atomic E-state index is 6.57. The maximum Gasteiger partial charge on any atom is 0.0992 e. The normalized spacial score (nSPS) is 11.2. The number of benzene rings is 4. The van der Waals surface area contributed by atoms with Gasteiger partial charge >= 0.3 is 0 Å². The van der Waals surface area contributed by atoms with E-state index in [2.05, 4.69) is 55.5 Å². The van der Waals surface area contributed by atoms with Crippen LogP contribution in [0.1, 0.15) is 22.3 Å². The first kappa shape index (κ1) is 28.0. The molecule has 0 amide bonds. The maximum atomic E-state index is 6.57. The van der Waals surface area contributed by atoms with Crippen molar-refractivity contribution in [3.05, 3.63) is 153 Å². The van der Waals surface area contributed by atoms with Gasteiger partial charge in [0.1, 0.15) is 0 Å². The Labute approximate surface area is 262 Å². The molecule has 9 heteroatoms. The average Bonchev–Trinajstić information content (AvgIpc) is 3.67. The fourth-order valence-corrected chi connectivity index (χ4v) is 6.96. The van der Waals surface area contributed by atoms with Crippen molar-refractivity contribution in [2.75, 3.05) is 0 Å². The molecule has 0 aliphatic carbocycles. The summed E-state index contributed by atoms with van der Waals surface area (Å²) in [5.41, 5.74) is 6.32. The quantitative estimate of drug-likeness (QED) is 0.167. The van der Waals surface area contributed by atoms with Crippen LogP contribution in [-0.4, -0.2) is 19.1 Å². The third-order valence-corrected chi connectivity index (χ3v) is 8.97. The molecule has 4 nitrogen and oxygen atoms in total. The van der Waals surface area contributed by atoms with Crippen LogP contribution in [0.5, 0.6) is 0 Å². The molecule has 0 bridgehead atoms. The predicted molar refractivity (Wildman–Crippen MR) is 170 cm³/mol. The second kappa shape index (κ2) is 12.4. The van der Waals surface area contributed by atoms with E-state index in [9.17, 15) is 0 Å². The summed E-state index contributed by atoms with van der Waals surface area (Å²) in [5, 5.41) is 2.51. The van der Waals surface area contributed by atoms with E-state index in [0.717, 1.165) is 43.4 Å². The SMILES string of the molecule is Clc1ccc(Cc2cccc(Sc3cccc(Cc4ccc(Cl)cc4Cl)c3-n3ccnc3)c2-n2ccnc2)c(Cl)c1. The van der Waals surface area contributed by atoms with Gasteiger partial charge in [-0.3, -0.25) is 0 Å². The standard InChI is InChI=1S/C32H22Cl4N4S/c33-25-9-7-21(27(35)17-25)15-23-3-1-5-29(31(23)39-13-11-37-19-39)41-30-6-2-4-24(32(30)40-14-12-38-20-40)16-22-8-10-26(34)18-28(22)36/h1-14,17-20H,15-16H2. The molecule has 4 aromatic carbocycles. The Morgan fingerprint density at radius 3 is 1.41 bits per heavy atom. The van der Waals surface area contributed by atoms with Crippen LogP contribution in [0.25, 0.3) is 11.4 Å². The molecule has 0 saturated carbocycles. The smallest absolute Gasteiger partial charge is 0.0992 e. The largest absolute Gasteiger partial charge is 0.305 e. The highest BCUT2D eigenvalue weighted by Gasteiger charge is 2.18. The van der Waals surface area contributed by atoms with Crippen LogP contribution in [-0.2, 0) is 12.8 Å². The van der Waals surface area contributed by atoms with Crippen molar-refractivity contribution in [1.82, 2.24) is 19.1 Å². The molecule has 2 heterocycles. The Morgan fingerprint density at radius 1 is 0.561 bits per heavy atom. The Kier molecular flexibility index (Phi) is 8.42. The molecule has 41 heavy (non-hydrogen) atoms. The van der Waals surface area contributed by atoms with Crippen molar-refractivity contribution < 1.29 is 0 Å². The van der Waals surface area contributed by atoms with Crippen LogP contribution in [0.4, 0.5) is 0 Å². The summed E-state index contributed by atoms with van der Waals surface area (Å²) in [4.78, 5) is 10.8. The van der Waals surface area contributed by atoms with E-state index in [1.54, 1.807) is 36.3 Å². The molecule has 0 saturated heterocycles. The molecule has 0 aliphatic rings. The Bertz CT molecular complexity index is 1690. The van der Waals surface area contributed by atoms with Gasteiger partial charge in [0.05, 0.1) is 24.0 Å². The third-order valence-electron chi connectivity index (χ3n) is 6.70. The molecule has 0 N–H and O–H groups in total. The number of halogens is 4. The van der Waals surface area contributed by atoms with Crippen molar-refractivity contribution in [2.24, 2.45) is 0 Å². The lowest BCUT2D eigenvalue weighted by Crippen LogP contribution is -2.03. The fourth-order valence-electron chi connectivity index (χ4n) is 4.81. The number of hydrogen-bond acceptors (Lipinski definition) is 3. The van der Waals surface area contributed by atoms with E-state index < -0.39 is 0 Å². The van der Waals surface area contributed by atoms with Crippen LogP contribution < -0.4 is 0 Å². The number of rotatable bonds is 8. The lowest BCUT2D eigenvalue weighted by atomic mass is 10.0. The first-order valence-electron chi connectivity index (χ1n) is 12.7. The molecule has 0 radical (unpaired) electrons. The Morgan fingerprint density at radius 2 is 1.02 bits per heavy atom. The molecule has 6 aromatic rings. The van der Waals surface area contributed by atoms with Crippen molar-refractivity contribution in [3.8, 4) is 11.4 Å². The van der Waals surface area contributed by atoms with Crippen molar-refractivity contribution in [1.29, 1.82) is 0 Å². The fraction of sp³-hybridized carbons (Fsp3) is 0.0625. The number of para-hydroxylation sites is 2. The van der Waals surface area contributed by atoms with Crippen LogP contribution in [0.3, 0.4) is 0 Å². The molecule has 0 aliphatic heterocycles. The zero-order valence-corrected chi connectivity index (χ0v) is 25.4. The van der Waals surface area contributed by atoms with Gasteiger partial charge in [0.15, 0.2) is 0 Å². The van der Waals surface area contributed by atoms with Gasteiger partial charge in [0.2, 0.25) is 0 Å². The average molecular weight is 636 g/mol. The number of imidazole rings is 2. The lowest BCUT2D eigenvalue weighted by Gasteiger charge is -2.19. The molecule has 6 rings (SSSR count). The minimum absolute atomic E-state index is 0.615. The van der Waals surface area contributed by atoms with Gasteiger partial charge in [-0.05, 0) is 58.7 Å². The minimum atomic E-state index is 0.615. The summed E-state index contributed by atoms with van der Waals surface area (Å²) in [6, 6.07) is 23.9. The van der Waals surface area contributed by atoms with Crippen LogP contribution in [0, 0.1) is 0 Å². The first-order valence-corrected chi connectivity index (χ1v) is 15.1. The predicted octanol–water partition coefficient (Wildman–Crippen LogP) is 10.0. The van der Waals surface area contributed by atoms with Gasteiger partial charge in [-0.1, -0.05) is 94.6 Å². The van der Waals surface area contributed by atoms with Gasteiger partial charge in [-0.15, -0.1) is 0 Å². The van der Waals surface area contributed by atoms with E-state index >= 15 is 0 Å². The number of aromatic nitrogens is 4. The van der Waals surface area contributed by atoms with Gasteiger partial charge in [-0.25, -0.2) is 9.97 Å². The topological polar surface area (TPSA) is 35.6 Å². The second-order valence-electron chi connectivity index (χ2n) is 9.39. The highest BCUT2D eigenvalue weighted by atomic mass is 35.5. The van der Waals surface area contributed by atoms with E-state index in [4.69, 9.17) is 46.4 Å². The van der Waals surface area contributed by atoms with Crippen LogP contribution in [0.15, 0.2) is 120 Å². The number of hydrogen-bond donors (Lipinski definition) is 0. The summed E-state index contributed by atoms with van der Waals surface area (Å²) in [7, 11) is 0. The van der Waals surface area contributed by atoms with E-state index in [1.165, 1.54) is 0 Å². The summed E-state index contributed by atoms with van der Waals surface area (Å²) in [5.74, 6) is 0. The van der Waals surface area contributed by atoms with Gasteiger partial charge < -0.3 is 9.13 Å². The van der Waals surface area contributed by atoms with E-state index in [0.29, 0.717) is 32.9 Å². The third kappa shape index (κ3) is 6.20. The van der Waals surface area contributed by atoms with Gasteiger partial charge in [-0.2, -0.15) is 0 Å². The Hall–Kier alpha value is -3.19. The number of nitrogens with zero attached hydrogens (tertiary/aromatic N) is 4. The monoisotopic (exact) mass is 634 g/mol. The highest BCUT2D eigenvalue weighted by molar-refractivity contribution is 7.99. The molecule has 0 fully saturated rings. The van der Waals surface area contributed by atoms with Crippen molar-refractivity contribution >= 4 is 58.2 Å². The summed E-state index contributed by atoms with van der Waals surface area (Å²) in [6.07, 6.45) is 12.4. The van der Waals surface area contributed by atoms with Crippen LogP contribution in [0.2, 0.25) is 20.1 Å². The molecule has 0 unspecified atom stereocenters. The molecule has 0 spiro atoms.